The summed E-state index contributed by atoms with van der Waals surface area (Å²) in [5, 5.41) is 12.1. The van der Waals surface area contributed by atoms with Crippen molar-refractivity contribution in [2.75, 3.05) is 50.9 Å². The summed E-state index contributed by atoms with van der Waals surface area (Å²) in [7, 11) is 0. The fourth-order valence-corrected chi connectivity index (χ4v) is 7.11. The van der Waals surface area contributed by atoms with Crippen LogP contribution in [0, 0.1) is 5.82 Å². The molecule has 1 N–H and O–H groups in total. The fraction of sp³-hybridized carbons (Fsp3) is 0.469. The number of rotatable bonds is 6. The predicted molar refractivity (Wildman–Crippen MR) is 158 cm³/mol. The highest BCUT2D eigenvalue weighted by Crippen LogP contribution is 2.42. The highest BCUT2D eigenvalue weighted by atomic mass is 19.3. The quantitative estimate of drug-likeness (QED) is 0.279. The number of halogens is 4. The molecule has 3 fully saturated rings. The van der Waals surface area contributed by atoms with Crippen LogP contribution in [0.5, 0.6) is 11.8 Å². The number of hydrogen-bond acceptors (Lipinski definition) is 8. The molecule has 7 rings (SSSR count). The molecule has 0 saturated carbocycles. The van der Waals surface area contributed by atoms with Gasteiger partial charge >= 0.3 is 6.01 Å². The number of ether oxygens (including phenoxy) is 2. The van der Waals surface area contributed by atoms with Crippen molar-refractivity contribution in [2.45, 2.75) is 50.2 Å². The Morgan fingerprint density at radius 1 is 1.18 bits per heavy atom. The first-order chi connectivity index (χ1) is 21.2. The minimum Gasteiger partial charge on any atom is -0.508 e. The molecule has 232 valence electrons. The number of hydrogen-bond donors (Lipinski definition) is 1. The predicted octanol–water partition coefficient (Wildman–Crippen LogP) is 5.68. The van der Waals surface area contributed by atoms with Gasteiger partial charge in [0.15, 0.2) is 5.82 Å². The zero-order valence-corrected chi connectivity index (χ0v) is 24.3. The Morgan fingerprint density at radius 3 is 2.89 bits per heavy atom. The van der Waals surface area contributed by atoms with Crippen LogP contribution >= 0.6 is 0 Å². The van der Waals surface area contributed by atoms with Crippen LogP contribution in [-0.4, -0.2) is 88.6 Å². The number of alkyl halides is 3. The van der Waals surface area contributed by atoms with Crippen LogP contribution in [0.2, 0.25) is 0 Å². The minimum atomic E-state index is -3.17. The summed E-state index contributed by atoms with van der Waals surface area (Å²) in [5.74, 6) is -3.96. The highest BCUT2D eigenvalue weighted by molar-refractivity contribution is 6.01. The number of nitrogens with zero attached hydrogens (tertiary/aromatic N) is 5. The van der Waals surface area contributed by atoms with E-state index in [4.69, 9.17) is 9.47 Å². The summed E-state index contributed by atoms with van der Waals surface area (Å²) in [6.45, 7) is 1.85. The van der Waals surface area contributed by atoms with Crippen molar-refractivity contribution >= 4 is 27.5 Å². The Balaban J connectivity index is 1.38. The Bertz CT molecular complexity index is 1740. The lowest BCUT2D eigenvalue weighted by molar-refractivity contribution is -0.0564. The molecule has 0 amide bonds. The van der Waals surface area contributed by atoms with Gasteiger partial charge in [-0.2, -0.15) is 9.97 Å². The second-order valence-corrected chi connectivity index (χ2v) is 12.1. The van der Waals surface area contributed by atoms with E-state index in [-0.39, 0.29) is 53.9 Å². The van der Waals surface area contributed by atoms with Crippen molar-refractivity contribution in [1.82, 2.24) is 19.9 Å². The van der Waals surface area contributed by atoms with Crippen LogP contribution in [0.4, 0.5) is 23.4 Å². The summed E-state index contributed by atoms with van der Waals surface area (Å²) in [6.07, 6.45) is 3.04. The second-order valence-electron chi connectivity index (χ2n) is 12.1. The minimum absolute atomic E-state index is 0.0241. The highest BCUT2D eigenvalue weighted by Gasteiger charge is 2.49. The van der Waals surface area contributed by atoms with Gasteiger partial charge in [-0.1, -0.05) is 25.1 Å². The molecule has 2 aromatic heterocycles. The van der Waals surface area contributed by atoms with Gasteiger partial charge in [-0.3, -0.25) is 9.88 Å². The molecule has 0 aliphatic carbocycles. The SMILES string of the molecule is CCc1cccc2cc(O)cc(-c3ncc4c(N5CCOCC(F)(F)C5)nc(OCC56CCCN5CC(F)C6)nc4c3F)c12. The summed E-state index contributed by atoms with van der Waals surface area (Å²) in [6, 6.07) is 8.54. The molecule has 44 heavy (non-hydrogen) atoms. The van der Waals surface area contributed by atoms with Gasteiger partial charge in [0.2, 0.25) is 0 Å². The van der Waals surface area contributed by atoms with Crippen LogP contribution in [0.25, 0.3) is 32.9 Å². The smallest absolute Gasteiger partial charge is 0.319 e. The number of phenolic OH excluding ortho intramolecular Hbond substituents is 1. The van der Waals surface area contributed by atoms with Crippen LogP contribution < -0.4 is 9.64 Å². The van der Waals surface area contributed by atoms with Crippen LogP contribution in [0.3, 0.4) is 0 Å². The molecule has 8 nitrogen and oxygen atoms in total. The van der Waals surface area contributed by atoms with Crippen molar-refractivity contribution in [3.05, 3.63) is 47.9 Å². The summed E-state index contributed by atoms with van der Waals surface area (Å²) in [5.41, 5.74) is 0.622. The second kappa shape index (κ2) is 11.0. The Labute approximate surface area is 251 Å². The molecule has 2 aromatic carbocycles. The molecule has 0 bridgehead atoms. The molecule has 3 saturated heterocycles. The average molecular weight is 612 g/mol. The van der Waals surface area contributed by atoms with E-state index in [1.54, 1.807) is 6.07 Å². The topological polar surface area (TPSA) is 83.8 Å². The number of benzene rings is 2. The molecular weight excluding hydrogens is 578 g/mol. The van der Waals surface area contributed by atoms with Crippen molar-refractivity contribution in [3.63, 3.8) is 0 Å². The number of aryl methyl sites for hydroxylation is 1. The molecule has 3 aliphatic rings. The van der Waals surface area contributed by atoms with Crippen LogP contribution in [0.15, 0.2) is 36.5 Å². The largest absolute Gasteiger partial charge is 0.508 e. The van der Waals surface area contributed by atoms with Crippen molar-refractivity contribution in [2.24, 2.45) is 0 Å². The van der Waals surface area contributed by atoms with Crippen LogP contribution in [0.1, 0.15) is 31.7 Å². The van der Waals surface area contributed by atoms with Gasteiger partial charge in [-0.05, 0) is 54.3 Å². The molecule has 2 atom stereocenters. The molecule has 2 unspecified atom stereocenters. The number of aromatic nitrogens is 3. The third kappa shape index (κ3) is 5.07. The van der Waals surface area contributed by atoms with E-state index in [1.165, 1.54) is 17.2 Å². The first-order valence-corrected chi connectivity index (χ1v) is 15.0. The lowest BCUT2D eigenvalue weighted by Gasteiger charge is -2.31. The third-order valence-corrected chi connectivity index (χ3v) is 9.10. The Kier molecular flexibility index (Phi) is 7.24. The fourth-order valence-electron chi connectivity index (χ4n) is 7.11. The van der Waals surface area contributed by atoms with Crippen molar-refractivity contribution < 1.29 is 32.1 Å². The molecule has 0 spiro atoms. The van der Waals surface area contributed by atoms with E-state index in [9.17, 15) is 18.3 Å². The van der Waals surface area contributed by atoms with Crippen molar-refractivity contribution in [1.29, 1.82) is 0 Å². The number of anilines is 1. The van der Waals surface area contributed by atoms with Gasteiger partial charge in [0.1, 0.15) is 42.2 Å². The van der Waals surface area contributed by atoms with Crippen LogP contribution in [-0.2, 0) is 11.2 Å². The maximum atomic E-state index is 16.7. The molecule has 4 aromatic rings. The monoisotopic (exact) mass is 611 g/mol. The first kappa shape index (κ1) is 29.0. The summed E-state index contributed by atoms with van der Waals surface area (Å²) >= 11 is 0. The standard InChI is InChI=1S/C32H33F4N5O3/c1-2-19-5-3-6-20-11-22(42)12-23(25(19)20)27-26(34)28-24(14-37-27)29(40-9-10-43-18-32(35,36)16-40)39-30(38-28)44-17-31-7-4-8-41(31)15-21(33)13-31/h3,5-6,11-12,14,21,42H,2,4,7-10,13,15-18H2,1H3. The van der Waals surface area contributed by atoms with E-state index >= 15 is 4.39 Å². The van der Waals surface area contributed by atoms with E-state index in [0.29, 0.717) is 24.9 Å². The van der Waals surface area contributed by atoms with Gasteiger partial charge in [0.25, 0.3) is 5.92 Å². The Morgan fingerprint density at radius 2 is 2.05 bits per heavy atom. The van der Waals surface area contributed by atoms with Gasteiger partial charge in [0, 0.05) is 31.3 Å². The van der Waals surface area contributed by atoms with E-state index < -0.39 is 36.6 Å². The summed E-state index contributed by atoms with van der Waals surface area (Å²) < 4.78 is 71.6. The number of fused-ring (bicyclic) bond motifs is 3. The van der Waals surface area contributed by atoms with Gasteiger partial charge in [-0.15, -0.1) is 0 Å². The molecule has 12 heteroatoms. The third-order valence-electron chi connectivity index (χ3n) is 9.10. The van der Waals surface area contributed by atoms with E-state index in [1.807, 2.05) is 25.1 Å². The maximum Gasteiger partial charge on any atom is 0.319 e. The number of aromatic hydroxyl groups is 1. The number of phenols is 1. The van der Waals surface area contributed by atoms with Gasteiger partial charge in [0.05, 0.1) is 24.1 Å². The average Bonchev–Trinajstić information content (AvgIpc) is 3.45. The van der Waals surface area contributed by atoms with Gasteiger partial charge in [-0.25, -0.2) is 17.6 Å². The number of pyridine rings is 1. The summed E-state index contributed by atoms with van der Waals surface area (Å²) in [4.78, 5) is 16.8. The van der Waals surface area contributed by atoms with E-state index in [0.717, 1.165) is 35.7 Å². The molecule has 3 aliphatic heterocycles. The zero-order valence-electron chi connectivity index (χ0n) is 24.3. The first-order valence-electron chi connectivity index (χ1n) is 15.0. The maximum absolute atomic E-state index is 16.7. The van der Waals surface area contributed by atoms with E-state index in [2.05, 4.69) is 19.9 Å². The molecule has 0 radical (unpaired) electrons. The molecular formula is C32H33F4N5O3. The zero-order chi connectivity index (χ0) is 30.6. The lowest BCUT2D eigenvalue weighted by atomic mass is 9.95. The van der Waals surface area contributed by atoms with Crippen molar-refractivity contribution in [3.8, 4) is 23.0 Å². The molecule has 5 heterocycles. The van der Waals surface area contributed by atoms with Gasteiger partial charge < -0.3 is 19.5 Å². The Hall–Kier alpha value is -3.77. The normalized spacial score (nSPS) is 23.8. The lowest BCUT2D eigenvalue weighted by Crippen LogP contribution is -2.43.